The van der Waals surface area contributed by atoms with E-state index in [1.807, 2.05) is 0 Å². The molecule has 4 aromatic rings. The van der Waals surface area contributed by atoms with E-state index in [-0.39, 0.29) is 3.63 Å². The predicted molar refractivity (Wildman–Crippen MR) is 177 cm³/mol. The summed E-state index contributed by atoms with van der Waals surface area (Å²) in [7, 11) is 15.2. The van der Waals surface area contributed by atoms with E-state index in [9.17, 15) is 0 Å². The molecule has 1 aliphatic carbocycles. The van der Waals surface area contributed by atoms with Crippen LogP contribution in [0, 0.1) is 0 Å². The maximum atomic E-state index is 7.91. The summed E-state index contributed by atoms with van der Waals surface area (Å²) in [5.41, 5.74) is 12.7. The summed E-state index contributed by atoms with van der Waals surface area (Å²) in [6.07, 6.45) is 9.16. The quantitative estimate of drug-likeness (QED) is 0.139. The van der Waals surface area contributed by atoms with Crippen LogP contribution >= 0.6 is 17.0 Å². The third-order valence-electron chi connectivity index (χ3n) is 8.96. The van der Waals surface area contributed by atoms with E-state index in [4.69, 9.17) is 17.0 Å². The number of unbranched alkanes of at least 4 members (excludes halogenated alkanes) is 1. The summed E-state index contributed by atoms with van der Waals surface area (Å²) in [6, 6.07) is 29.5. The number of aryl methyl sites for hydroxylation is 2. The van der Waals surface area contributed by atoms with E-state index in [1.54, 1.807) is 0 Å². The zero-order valence-electron chi connectivity index (χ0n) is 23.9. The summed E-state index contributed by atoms with van der Waals surface area (Å²) in [6.45, 7) is 6.83. The van der Waals surface area contributed by atoms with Gasteiger partial charge >= 0.3 is 256 Å². The topological polar surface area (TPSA) is 0 Å². The van der Waals surface area contributed by atoms with E-state index in [2.05, 4.69) is 106 Å². The van der Waals surface area contributed by atoms with Crippen LogP contribution in [-0.4, -0.2) is 9.52 Å². The van der Waals surface area contributed by atoms with Crippen LogP contribution in [0.3, 0.4) is 0 Å². The number of hydrogen-bond donors (Lipinski definition) is 0. The molecule has 0 nitrogen and oxygen atoms in total. The van der Waals surface area contributed by atoms with Crippen molar-refractivity contribution < 1.29 is 17.9 Å². The van der Waals surface area contributed by atoms with Crippen molar-refractivity contribution in [1.29, 1.82) is 0 Å². The summed E-state index contributed by atoms with van der Waals surface area (Å²) in [5.74, 6) is 0. The second-order valence-electron chi connectivity index (χ2n) is 11.4. The van der Waals surface area contributed by atoms with E-state index in [0.29, 0.717) is 0 Å². The molecule has 0 N–H and O–H groups in total. The Hall–Kier alpha value is -1.70. The molecule has 2 aliphatic rings. The maximum absolute atomic E-state index is 7.91. The fraction of sp³-hybridized carbons (Fsp3) is 0.278. The number of benzene rings is 4. The van der Waals surface area contributed by atoms with E-state index in [1.165, 1.54) is 76.6 Å². The van der Waals surface area contributed by atoms with Gasteiger partial charge in [-0.1, -0.05) is 0 Å². The molecule has 40 heavy (non-hydrogen) atoms. The average molecular weight is 661 g/mol. The summed E-state index contributed by atoms with van der Waals surface area (Å²) in [5, 5.41) is 3.03. The van der Waals surface area contributed by atoms with Gasteiger partial charge in [0.05, 0.1) is 0 Å². The molecule has 0 bridgehead atoms. The molecule has 0 spiro atoms. The molecule has 204 valence electrons. The fourth-order valence-corrected chi connectivity index (χ4v) is 23.9. The molecule has 1 unspecified atom stereocenters. The Labute approximate surface area is 254 Å². The Bertz CT molecular complexity index is 1600. The molecule has 6 rings (SSSR count). The fourth-order valence-electron chi connectivity index (χ4n) is 7.08. The summed E-state index contributed by atoms with van der Waals surface area (Å²) in [4.78, 5) is 0. The van der Waals surface area contributed by atoms with Crippen molar-refractivity contribution >= 4 is 46.3 Å². The molecular weight excluding hydrogens is 623 g/mol. The second kappa shape index (κ2) is 11.9. The van der Waals surface area contributed by atoms with Gasteiger partial charge in [0, 0.05) is 0 Å². The third kappa shape index (κ3) is 4.88. The van der Waals surface area contributed by atoms with Crippen LogP contribution in [-0.2, 0) is 30.7 Å². The zero-order chi connectivity index (χ0) is 27.9. The van der Waals surface area contributed by atoms with Crippen molar-refractivity contribution in [3.8, 4) is 22.3 Å². The monoisotopic (exact) mass is 658 g/mol. The van der Waals surface area contributed by atoms with Crippen molar-refractivity contribution in [1.82, 2.24) is 0 Å². The van der Waals surface area contributed by atoms with Crippen LogP contribution < -0.4 is 13.6 Å². The van der Waals surface area contributed by atoms with Crippen LogP contribution in [0.4, 0.5) is 0 Å². The molecule has 4 aromatic carbocycles. The van der Waals surface area contributed by atoms with Crippen molar-refractivity contribution in [3.63, 3.8) is 0 Å². The van der Waals surface area contributed by atoms with E-state index < -0.39 is 27.4 Å². The molecular formula is C36H38Cl2SiZr. The molecule has 1 aliphatic heterocycles. The Kier molecular flexibility index (Phi) is 8.45. The number of fused-ring (bicyclic) bond motifs is 4. The van der Waals surface area contributed by atoms with Crippen LogP contribution in [0.15, 0.2) is 84.4 Å². The van der Waals surface area contributed by atoms with E-state index >= 15 is 0 Å². The molecule has 0 fully saturated rings. The molecule has 0 amide bonds. The van der Waals surface area contributed by atoms with Crippen LogP contribution in [0.25, 0.3) is 28.3 Å². The van der Waals surface area contributed by atoms with Gasteiger partial charge in [0.25, 0.3) is 0 Å². The first-order valence-corrected chi connectivity index (χ1v) is 25.4. The second-order valence-corrected chi connectivity index (χ2v) is 27.2. The first kappa shape index (κ1) is 28.4. The van der Waals surface area contributed by atoms with Gasteiger partial charge in [-0.3, -0.25) is 0 Å². The van der Waals surface area contributed by atoms with Gasteiger partial charge in [0.15, 0.2) is 0 Å². The summed E-state index contributed by atoms with van der Waals surface area (Å²) >= 11 is -3.97. The van der Waals surface area contributed by atoms with Gasteiger partial charge < -0.3 is 0 Å². The van der Waals surface area contributed by atoms with Gasteiger partial charge in [-0.2, -0.15) is 0 Å². The van der Waals surface area contributed by atoms with Crippen molar-refractivity contribution in [3.05, 3.63) is 107 Å². The predicted octanol–water partition coefficient (Wildman–Crippen LogP) is 8.38. The molecule has 0 saturated heterocycles. The molecule has 0 saturated carbocycles. The minimum absolute atomic E-state index is 0.145. The SMILES string of the molecule is CCCCC1=Cc2c(ccc(CCC)c2-c2ccccc2CC)[CH]1[Zr]([Cl])([Cl])[c]1cccc2c1[SiH2]c1ccccc1-2. The van der Waals surface area contributed by atoms with Crippen LogP contribution in [0.1, 0.15) is 72.3 Å². The molecule has 1 heterocycles. The number of halogens is 2. The van der Waals surface area contributed by atoms with Gasteiger partial charge in [0.2, 0.25) is 0 Å². The molecule has 0 aromatic heterocycles. The standard InChI is InChI=1S/C24H29.C12H9Si.2ClH.Zr/c1-4-7-11-18-16-21-15-14-20(10-5-2)24(23(21)17-18)22-13-9-8-12-19(22)6-3;1-3-7-11-9(5-1)10-6-2-4-8-12(10)13-11;;;/h8-9,12-17H,4-7,10-11H2,1-3H3;1-7H,13H2;2*1H;/q;;;;+2/p-2. The van der Waals surface area contributed by atoms with Gasteiger partial charge in [0.1, 0.15) is 0 Å². The van der Waals surface area contributed by atoms with Crippen molar-refractivity contribution in [2.75, 3.05) is 0 Å². The number of allylic oxidation sites excluding steroid dienone is 1. The number of hydrogen-bond acceptors (Lipinski definition) is 0. The van der Waals surface area contributed by atoms with Gasteiger partial charge in [-0.05, 0) is 0 Å². The normalized spacial score (nSPS) is 16.1. The van der Waals surface area contributed by atoms with Crippen molar-refractivity contribution in [2.45, 2.75) is 62.9 Å². The Morgan fingerprint density at radius 2 is 1.48 bits per heavy atom. The Morgan fingerprint density at radius 1 is 0.725 bits per heavy atom. The molecule has 4 heteroatoms. The number of rotatable bonds is 9. The van der Waals surface area contributed by atoms with Crippen molar-refractivity contribution in [2.24, 2.45) is 0 Å². The average Bonchev–Trinajstić information content (AvgIpc) is 3.54. The van der Waals surface area contributed by atoms with Crippen LogP contribution in [0.2, 0.25) is 0 Å². The molecule has 1 atom stereocenters. The first-order chi connectivity index (χ1) is 19.5. The van der Waals surface area contributed by atoms with E-state index in [0.717, 1.165) is 25.7 Å². The first-order valence-electron chi connectivity index (χ1n) is 15.0. The Balaban J connectivity index is 1.54. The third-order valence-corrected chi connectivity index (χ3v) is 23.3. The summed E-state index contributed by atoms with van der Waals surface area (Å²) < 4.78 is 1.47. The zero-order valence-corrected chi connectivity index (χ0v) is 29.3. The molecule has 0 radical (unpaired) electrons. The minimum atomic E-state index is -3.97. The van der Waals surface area contributed by atoms with Crippen LogP contribution in [0.5, 0.6) is 0 Å². The Morgan fingerprint density at radius 3 is 2.25 bits per heavy atom. The van der Waals surface area contributed by atoms with Gasteiger partial charge in [-0.25, -0.2) is 0 Å². The van der Waals surface area contributed by atoms with Gasteiger partial charge in [-0.15, -0.1) is 0 Å².